The summed E-state index contributed by atoms with van der Waals surface area (Å²) in [5, 5.41) is 13.6. The van der Waals surface area contributed by atoms with E-state index in [1.807, 2.05) is 25.3 Å². The van der Waals surface area contributed by atoms with Gasteiger partial charge in [-0.25, -0.2) is 0 Å². The molecule has 2 atom stereocenters. The fourth-order valence-electron chi connectivity index (χ4n) is 3.62. The fourth-order valence-corrected chi connectivity index (χ4v) is 3.62. The maximum Gasteiger partial charge on any atom is 0.117 e. The van der Waals surface area contributed by atoms with Crippen LogP contribution in [0, 0.1) is 0 Å². The Hall–Kier alpha value is -2.24. The van der Waals surface area contributed by atoms with Crippen molar-refractivity contribution in [2.75, 3.05) is 13.2 Å². The molecule has 1 saturated carbocycles. The van der Waals surface area contributed by atoms with Crippen molar-refractivity contribution < 1.29 is 9.94 Å². The van der Waals surface area contributed by atoms with Gasteiger partial charge < -0.3 is 15.7 Å². The highest BCUT2D eigenvalue weighted by Crippen LogP contribution is 2.39. The molecule has 0 spiro atoms. The molecule has 0 radical (unpaired) electrons. The molecule has 3 rings (SSSR count). The number of aromatic nitrogens is 1. The number of rotatable bonds is 8. The molecule has 0 aliphatic heterocycles. The Bertz CT molecular complexity index is 746. The number of hydrogen-bond donors (Lipinski definition) is 2. The molecule has 5 heteroatoms. The number of benzene rings is 1. The van der Waals surface area contributed by atoms with Gasteiger partial charge in [-0.3, -0.25) is 4.98 Å². The van der Waals surface area contributed by atoms with Gasteiger partial charge in [-0.2, -0.15) is 0 Å². The number of oxime groups is 1. The number of hydrogen-bond acceptors (Lipinski definition) is 5. The third kappa shape index (κ3) is 5.37. The van der Waals surface area contributed by atoms with Gasteiger partial charge in [-0.15, -0.1) is 0 Å². The average molecular weight is 367 g/mol. The summed E-state index contributed by atoms with van der Waals surface area (Å²) in [4.78, 5) is 9.98. The summed E-state index contributed by atoms with van der Waals surface area (Å²) >= 11 is 0. The molecule has 1 aliphatic carbocycles. The second kappa shape index (κ2) is 9.11. The zero-order valence-corrected chi connectivity index (χ0v) is 16.0. The standard InChI is InChI=1S/C22H29N3O2/c1-17(25-27-13-5-8-18-6-3-2-4-7-18)21-10-9-20(15-24-21)19-11-12-22(23,14-19)16-26/h2-4,6-7,9-10,15,19,26H,5,8,11-14,16,23H2,1H3/b25-17+. The minimum absolute atomic E-state index is 0.0440. The van der Waals surface area contributed by atoms with Gasteiger partial charge in [0.15, 0.2) is 0 Å². The number of pyridine rings is 1. The van der Waals surface area contributed by atoms with Crippen LogP contribution in [-0.2, 0) is 11.3 Å². The van der Waals surface area contributed by atoms with Crippen molar-refractivity contribution in [3.63, 3.8) is 0 Å². The summed E-state index contributed by atoms with van der Waals surface area (Å²) < 4.78 is 0. The van der Waals surface area contributed by atoms with Crippen LogP contribution in [0.2, 0.25) is 0 Å². The molecule has 2 aromatic rings. The summed E-state index contributed by atoms with van der Waals surface area (Å²) in [6.07, 6.45) is 6.48. The van der Waals surface area contributed by atoms with Crippen molar-refractivity contribution in [2.24, 2.45) is 10.9 Å². The lowest BCUT2D eigenvalue weighted by Crippen LogP contribution is -2.40. The van der Waals surface area contributed by atoms with Gasteiger partial charge in [0.1, 0.15) is 12.3 Å². The molecule has 0 bridgehead atoms. The number of aliphatic hydroxyl groups is 1. The Morgan fingerprint density at radius 3 is 2.78 bits per heavy atom. The van der Waals surface area contributed by atoms with Crippen LogP contribution < -0.4 is 5.73 Å². The van der Waals surface area contributed by atoms with Crippen LogP contribution in [0.4, 0.5) is 0 Å². The molecule has 27 heavy (non-hydrogen) atoms. The van der Waals surface area contributed by atoms with Gasteiger partial charge in [0.05, 0.1) is 12.3 Å². The van der Waals surface area contributed by atoms with E-state index in [1.54, 1.807) is 0 Å². The SMILES string of the molecule is C/C(=N\OCCCc1ccccc1)c1ccc(C2CCC(N)(CO)C2)cn1. The first-order valence-electron chi connectivity index (χ1n) is 9.66. The Morgan fingerprint density at radius 2 is 2.11 bits per heavy atom. The minimum Gasteiger partial charge on any atom is -0.396 e. The third-order valence-corrected chi connectivity index (χ3v) is 5.33. The van der Waals surface area contributed by atoms with Gasteiger partial charge in [-0.1, -0.05) is 41.6 Å². The highest BCUT2D eigenvalue weighted by molar-refractivity contribution is 5.96. The first kappa shape index (κ1) is 19.5. The lowest BCUT2D eigenvalue weighted by Gasteiger charge is -2.20. The van der Waals surface area contributed by atoms with Gasteiger partial charge in [-0.05, 0) is 62.1 Å². The van der Waals surface area contributed by atoms with Crippen LogP contribution in [0.3, 0.4) is 0 Å². The highest BCUT2D eigenvalue weighted by Gasteiger charge is 2.35. The van der Waals surface area contributed by atoms with E-state index in [9.17, 15) is 5.11 Å². The molecular weight excluding hydrogens is 338 g/mol. The van der Waals surface area contributed by atoms with Crippen molar-refractivity contribution in [2.45, 2.75) is 50.5 Å². The van der Waals surface area contributed by atoms with E-state index in [-0.39, 0.29) is 6.61 Å². The average Bonchev–Trinajstić information content (AvgIpc) is 3.11. The van der Waals surface area contributed by atoms with Crippen LogP contribution in [0.25, 0.3) is 0 Å². The molecule has 0 amide bonds. The molecule has 1 aromatic carbocycles. The summed E-state index contributed by atoms with van der Waals surface area (Å²) in [7, 11) is 0. The molecule has 1 heterocycles. The number of aryl methyl sites for hydroxylation is 1. The van der Waals surface area contributed by atoms with Gasteiger partial charge in [0.2, 0.25) is 0 Å². The molecule has 2 unspecified atom stereocenters. The topological polar surface area (TPSA) is 80.7 Å². The van der Waals surface area contributed by atoms with E-state index < -0.39 is 5.54 Å². The van der Waals surface area contributed by atoms with Crippen molar-refractivity contribution in [3.05, 3.63) is 65.5 Å². The van der Waals surface area contributed by atoms with Crippen LogP contribution in [-0.4, -0.2) is 34.6 Å². The predicted octanol–water partition coefficient (Wildman–Crippen LogP) is 3.41. The monoisotopic (exact) mass is 367 g/mol. The zero-order chi connectivity index (χ0) is 19.1. The first-order chi connectivity index (χ1) is 13.1. The first-order valence-corrected chi connectivity index (χ1v) is 9.66. The second-order valence-electron chi connectivity index (χ2n) is 7.54. The second-order valence-corrected chi connectivity index (χ2v) is 7.54. The molecule has 144 valence electrons. The largest absolute Gasteiger partial charge is 0.396 e. The molecule has 0 saturated heterocycles. The summed E-state index contributed by atoms with van der Waals surface area (Å²) in [5.74, 6) is 0.371. The van der Waals surface area contributed by atoms with Crippen molar-refractivity contribution in [1.82, 2.24) is 4.98 Å². The Kier molecular flexibility index (Phi) is 6.58. The van der Waals surface area contributed by atoms with Gasteiger partial charge in [0.25, 0.3) is 0 Å². The normalized spacial score (nSPS) is 22.8. The quantitative estimate of drug-likeness (QED) is 0.426. The van der Waals surface area contributed by atoms with Crippen LogP contribution in [0.5, 0.6) is 0 Å². The maximum atomic E-state index is 9.42. The maximum absolute atomic E-state index is 9.42. The molecule has 1 aromatic heterocycles. The van der Waals surface area contributed by atoms with E-state index in [2.05, 4.69) is 40.5 Å². The van der Waals surface area contributed by atoms with E-state index in [0.717, 1.165) is 43.5 Å². The molecule has 1 aliphatic rings. The molecule has 1 fully saturated rings. The van der Waals surface area contributed by atoms with Crippen LogP contribution in [0.15, 0.2) is 53.8 Å². The summed E-state index contributed by atoms with van der Waals surface area (Å²) in [5.41, 5.74) is 9.82. The number of nitrogens with zero attached hydrogens (tertiary/aromatic N) is 2. The number of nitrogens with two attached hydrogens (primary N) is 1. The van der Waals surface area contributed by atoms with Crippen molar-refractivity contribution >= 4 is 5.71 Å². The van der Waals surface area contributed by atoms with Crippen molar-refractivity contribution in [3.8, 4) is 0 Å². The highest BCUT2D eigenvalue weighted by atomic mass is 16.6. The fraction of sp³-hybridized carbons (Fsp3) is 0.455. The minimum atomic E-state index is -0.436. The van der Waals surface area contributed by atoms with Gasteiger partial charge >= 0.3 is 0 Å². The smallest absolute Gasteiger partial charge is 0.117 e. The lowest BCUT2D eigenvalue weighted by atomic mass is 9.94. The van der Waals surface area contributed by atoms with E-state index in [1.165, 1.54) is 11.1 Å². The Balaban J connectivity index is 1.47. The van der Waals surface area contributed by atoms with E-state index >= 15 is 0 Å². The van der Waals surface area contributed by atoms with E-state index in [4.69, 9.17) is 10.6 Å². The van der Waals surface area contributed by atoms with Crippen molar-refractivity contribution in [1.29, 1.82) is 0 Å². The Morgan fingerprint density at radius 1 is 1.30 bits per heavy atom. The van der Waals surface area contributed by atoms with Crippen LogP contribution >= 0.6 is 0 Å². The zero-order valence-electron chi connectivity index (χ0n) is 16.0. The molecule has 3 N–H and O–H groups in total. The predicted molar refractivity (Wildman–Crippen MR) is 108 cm³/mol. The molecular formula is C22H29N3O2. The molecule has 5 nitrogen and oxygen atoms in total. The summed E-state index contributed by atoms with van der Waals surface area (Å²) in [6, 6.07) is 14.5. The van der Waals surface area contributed by atoms with Gasteiger partial charge in [0, 0.05) is 11.7 Å². The lowest BCUT2D eigenvalue weighted by molar-refractivity contribution is 0.142. The third-order valence-electron chi connectivity index (χ3n) is 5.33. The van der Waals surface area contributed by atoms with E-state index in [0.29, 0.717) is 12.5 Å². The van der Waals surface area contributed by atoms with Crippen LogP contribution in [0.1, 0.15) is 55.3 Å². The Labute approximate surface area is 161 Å². The number of aliphatic hydroxyl groups excluding tert-OH is 1. The summed E-state index contributed by atoms with van der Waals surface area (Å²) in [6.45, 7) is 2.54.